The van der Waals surface area contributed by atoms with E-state index in [1.807, 2.05) is 0 Å². The summed E-state index contributed by atoms with van der Waals surface area (Å²) >= 11 is 0. The number of hydrogen-bond donors (Lipinski definition) is 0. The van der Waals surface area contributed by atoms with E-state index >= 15 is 0 Å². The van der Waals surface area contributed by atoms with Crippen LogP contribution in [0.15, 0.2) is 24.3 Å². The van der Waals surface area contributed by atoms with Gasteiger partial charge in [-0.1, -0.05) is 6.07 Å². The van der Waals surface area contributed by atoms with Crippen molar-refractivity contribution in [2.75, 3.05) is 7.11 Å². The Morgan fingerprint density at radius 3 is 2.30 bits per heavy atom. The fourth-order valence-corrected chi connectivity index (χ4v) is 2.00. The van der Waals surface area contributed by atoms with Gasteiger partial charge in [-0.3, -0.25) is 0 Å². The van der Waals surface area contributed by atoms with Gasteiger partial charge in [-0.2, -0.15) is 13.2 Å². The first-order valence-corrected chi connectivity index (χ1v) is 6.27. The summed E-state index contributed by atoms with van der Waals surface area (Å²) in [7, 11) is 0.996. The Labute approximate surface area is 127 Å². The highest BCUT2D eigenvalue weighted by Crippen LogP contribution is 2.33. The number of esters is 1. The Kier molecular flexibility index (Phi) is 4.35. The van der Waals surface area contributed by atoms with Crippen LogP contribution in [-0.2, 0) is 10.9 Å². The van der Waals surface area contributed by atoms with Gasteiger partial charge in [0, 0.05) is 11.6 Å². The number of benzene rings is 1. The van der Waals surface area contributed by atoms with Crippen LogP contribution in [0.5, 0.6) is 0 Å². The maximum atomic E-state index is 13.9. The van der Waals surface area contributed by atoms with Gasteiger partial charge >= 0.3 is 12.1 Å². The van der Waals surface area contributed by atoms with E-state index in [1.165, 1.54) is 6.92 Å². The monoisotopic (exact) mass is 331 g/mol. The van der Waals surface area contributed by atoms with E-state index in [-0.39, 0.29) is 11.1 Å². The second kappa shape index (κ2) is 5.94. The zero-order valence-corrected chi connectivity index (χ0v) is 12.0. The minimum atomic E-state index is -4.55. The second-order valence-corrected chi connectivity index (χ2v) is 4.67. The average Bonchev–Trinajstić information content (AvgIpc) is 2.46. The van der Waals surface area contributed by atoms with Crippen molar-refractivity contribution in [2.45, 2.75) is 13.1 Å². The van der Waals surface area contributed by atoms with Crippen LogP contribution in [0.1, 0.15) is 21.6 Å². The van der Waals surface area contributed by atoms with Crippen LogP contribution in [-0.4, -0.2) is 18.1 Å². The van der Waals surface area contributed by atoms with E-state index in [0.717, 1.165) is 25.3 Å². The first-order chi connectivity index (χ1) is 10.6. The fraction of sp³-hybridized carbons (Fsp3) is 0.200. The smallest absolute Gasteiger partial charge is 0.416 e. The standard InChI is InChI=1S/C15H10F5NO2/c1-7-5-8(15(18,19)20)3-4-9(7)12-10(16)6-11(17)13(21-12)14(22)23-2/h3-6H,1-2H3. The number of carbonyl (C=O) groups excluding carboxylic acids is 1. The summed E-state index contributed by atoms with van der Waals surface area (Å²) in [5.74, 6) is -3.44. The number of methoxy groups -OCH3 is 1. The molecule has 0 radical (unpaired) electrons. The van der Waals surface area contributed by atoms with E-state index in [1.54, 1.807) is 0 Å². The predicted molar refractivity (Wildman–Crippen MR) is 70.7 cm³/mol. The third-order valence-corrected chi connectivity index (χ3v) is 3.12. The first-order valence-electron chi connectivity index (χ1n) is 6.27. The average molecular weight is 331 g/mol. The van der Waals surface area contributed by atoms with Gasteiger partial charge in [0.15, 0.2) is 17.3 Å². The van der Waals surface area contributed by atoms with Crippen molar-refractivity contribution in [3.8, 4) is 11.3 Å². The van der Waals surface area contributed by atoms with E-state index in [4.69, 9.17) is 0 Å². The van der Waals surface area contributed by atoms with Crippen LogP contribution in [0.25, 0.3) is 11.3 Å². The van der Waals surface area contributed by atoms with Crippen LogP contribution >= 0.6 is 0 Å². The molecule has 0 saturated carbocycles. The van der Waals surface area contributed by atoms with Crippen LogP contribution in [0.4, 0.5) is 22.0 Å². The molecule has 8 heteroatoms. The van der Waals surface area contributed by atoms with E-state index < -0.39 is 40.7 Å². The highest BCUT2D eigenvalue weighted by atomic mass is 19.4. The normalized spacial score (nSPS) is 11.4. The van der Waals surface area contributed by atoms with Crippen molar-refractivity contribution in [1.29, 1.82) is 0 Å². The SMILES string of the molecule is COC(=O)c1nc(-c2ccc(C(F)(F)F)cc2C)c(F)cc1F. The Hall–Kier alpha value is -2.51. The lowest BCUT2D eigenvalue weighted by Gasteiger charge is -2.12. The summed E-state index contributed by atoms with van der Waals surface area (Å²) < 4.78 is 69.8. The van der Waals surface area contributed by atoms with Gasteiger partial charge < -0.3 is 4.74 Å². The Morgan fingerprint density at radius 2 is 1.78 bits per heavy atom. The molecule has 2 aromatic rings. The number of aromatic nitrogens is 1. The Morgan fingerprint density at radius 1 is 1.13 bits per heavy atom. The summed E-state index contributed by atoms with van der Waals surface area (Å²) in [6.45, 7) is 1.33. The summed E-state index contributed by atoms with van der Waals surface area (Å²) in [5.41, 5.74) is -2.00. The summed E-state index contributed by atoms with van der Waals surface area (Å²) in [6, 6.07) is 3.02. The lowest BCUT2D eigenvalue weighted by molar-refractivity contribution is -0.137. The molecule has 0 fully saturated rings. The van der Waals surface area contributed by atoms with Crippen LogP contribution in [0.2, 0.25) is 0 Å². The first kappa shape index (κ1) is 16.9. The molecule has 0 aliphatic rings. The number of carbonyl (C=O) groups is 1. The quantitative estimate of drug-likeness (QED) is 0.613. The van der Waals surface area contributed by atoms with E-state index in [0.29, 0.717) is 6.07 Å². The molecule has 0 atom stereocenters. The van der Waals surface area contributed by atoms with Gasteiger partial charge in [-0.25, -0.2) is 18.6 Å². The molecular formula is C15H10F5NO2. The van der Waals surface area contributed by atoms with Crippen molar-refractivity contribution in [1.82, 2.24) is 4.98 Å². The van der Waals surface area contributed by atoms with Crippen molar-refractivity contribution in [3.05, 3.63) is 52.7 Å². The zero-order chi connectivity index (χ0) is 17.4. The van der Waals surface area contributed by atoms with Crippen LogP contribution in [0, 0.1) is 18.6 Å². The highest BCUT2D eigenvalue weighted by molar-refractivity contribution is 5.88. The largest absolute Gasteiger partial charge is 0.464 e. The van der Waals surface area contributed by atoms with Crippen molar-refractivity contribution >= 4 is 5.97 Å². The van der Waals surface area contributed by atoms with Crippen molar-refractivity contribution < 1.29 is 31.5 Å². The second-order valence-electron chi connectivity index (χ2n) is 4.67. The van der Waals surface area contributed by atoms with Crippen LogP contribution < -0.4 is 0 Å². The Balaban J connectivity index is 2.61. The molecule has 1 aromatic heterocycles. The van der Waals surface area contributed by atoms with E-state index in [9.17, 15) is 26.7 Å². The molecule has 0 saturated heterocycles. The number of pyridine rings is 1. The maximum Gasteiger partial charge on any atom is 0.416 e. The van der Waals surface area contributed by atoms with Gasteiger partial charge in [0.2, 0.25) is 0 Å². The van der Waals surface area contributed by atoms with Gasteiger partial charge in [0.25, 0.3) is 0 Å². The fourth-order valence-electron chi connectivity index (χ4n) is 2.00. The maximum absolute atomic E-state index is 13.9. The molecule has 122 valence electrons. The van der Waals surface area contributed by atoms with Crippen molar-refractivity contribution in [2.24, 2.45) is 0 Å². The number of nitrogens with zero attached hydrogens (tertiary/aromatic N) is 1. The number of rotatable bonds is 2. The lowest BCUT2D eigenvalue weighted by atomic mass is 10.0. The molecule has 2 rings (SSSR count). The third-order valence-electron chi connectivity index (χ3n) is 3.12. The molecule has 0 aliphatic carbocycles. The number of hydrogen-bond acceptors (Lipinski definition) is 3. The molecule has 23 heavy (non-hydrogen) atoms. The number of ether oxygens (including phenoxy) is 1. The molecule has 3 nitrogen and oxygen atoms in total. The van der Waals surface area contributed by atoms with Gasteiger partial charge in [0.1, 0.15) is 5.69 Å². The molecule has 0 unspecified atom stereocenters. The molecule has 0 spiro atoms. The molecule has 0 amide bonds. The summed E-state index contributed by atoms with van der Waals surface area (Å²) in [5, 5.41) is 0. The molecule has 0 N–H and O–H groups in total. The molecular weight excluding hydrogens is 321 g/mol. The van der Waals surface area contributed by atoms with E-state index in [2.05, 4.69) is 9.72 Å². The predicted octanol–water partition coefficient (Wildman–Crippen LogP) is 4.14. The minimum Gasteiger partial charge on any atom is -0.464 e. The number of aryl methyl sites for hydroxylation is 1. The minimum absolute atomic E-state index is 0.0145. The number of alkyl halides is 3. The molecule has 0 aliphatic heterocycles. The van der Waals surface area contributed by atoms with Gasteiger partial charge in [0.05, 0.1) is 12.7 Å². The van der Waals surface area contributed by atoms with Gasteiger partial charge in [-0.05, 0) is 24.6 Å². The molecule has 1 heterocycles. The third kappa shape index (κ3) is 3.30. The van der Waals surface area contributed by atoms with Crippen molar-refractivity contribution in [3.63, 3.8) is 0 Å². The summed E-state index contributed by atoms with van der Waals surface area (Å²) in [4.78, 5) is 15.0. The molecule has 0 bridgehead atoms. The molecule has 1 aromatic carbocycles. The Bertz CT molecular complexity index is 771. The number of halogens is 5. The lowest BCUT2D eigenvalue weighted by Crippen LogP contribution is -2.10. The van der Waals surface area contributed by atoms with Crippen LogP contribution in [0.3, 0.4) is 0 Å². The zero-order valence-electron chi connectivity index (χ0n) is 12.0. The topological polar surface area (TPSA) is 39.2 Å². The highest BCUT2D eigenvalue weighted by Gasteiger charge is 2.31. The summed E-state index contributed by atoms with van der Waals surface area (Å²) in [6.07, 6.45) is -4.55. The van der Waals surface area contributed by atoms with Gasteiger partial charge in [-0.15, -0.1) is 0 Å².